The van der Waals surface area contributed by atoms with Crippen LogP contribution in [0.3, 0.4) is 0 Å². The minimum Gasteiger partial charge on any atom is -0.493 e. The second-order valence-corrected chi connectivity index (χ2v) is 9.90. The van der Waals surface area contributed by atoms with Crippen molar-refractivity contribution in [2.75, 3.05) is 6.61 Å². The first kappa shape index (κ1) is 29.1. The molecule has 8 heteroatoms. The van der Waals surface area contributed by atoms with E-state index in [9.17, 15) is 14.7 Å². The number of amides is 1. The lowest BCUT2D eigenvalue weighted by molar-refractivity contribution is -0.136. The predicted octanol–water partition coefficient (Wildman–Crippen LogP) is 7.01. The van der Waals surface area contributed by atoms with Crippen LogP contribution in [0.25, 0.3) is 11.5 Å². The highest BCUT2D eigenvalue weighted by atomic mass is 16.5. The van der Waals surface area contributed by atoms with Crippen LogP contribution in [-0.2, 0) is 24.2 Å². The molecule has 1 aromatic heterocycles. The fraction of sp³-hybridized carbons (Fsp3) is 0.171. The maximum atomic E-state index is 13.2. The van der Waals surface area contributed by atoms with Crippen LogP contribution in [0.5, 0.6) is 17.2 Å². The summed E-state index contributed by atoms with van der Waals surface area (Å²) in [5, 5.41) is 12.2. The maximum absolute atomic E-state index is 13.2. The minimum atomic E-state index is -0.889. The number of para-hydroxylation sites is 2. The van der Waals surface area contributed by atoms with Crippen LogP contribution in [0, 0.1) is 6.92 Å². The molecule has 0 fully saturated rings. The van der Waals surface area contributed by atoms with Crippen LogP contribution >= 0.6 is 0 Å². The highest BCUT2D eigenvalue weighted by Crippen LogP contribution is 2.26. The summed E-state index contributed by atoms with van der Waals surface area (Å²) in [7, 11) is 0. The fourth-order valence-corrected chi connectivity index (χ4v) is 4.60. The van der Waals surface area contributed by atoms with Crippen molar-refractivity contribution in [2.45, 2.75) is 32.7 Å². The van der Waals surface area contributed by atoms with E-state index in [1.165, 1.54) is 0 Å². The maximum Gasteiger partial charge on any atom is 0.303 e. The topological polar surface area (TPSA) is 111 Å². The van der Waals surface area contributed by atoms with Crippen LogP contribution in [0.2, 0.25) is 0 Å². The summed E-state index contributed by atoms with van der Waals surface area (Å²) in [6.45, 7) is 2.44. The number of carbonyl (C=O) groups is 2. The van der Waals surface area contributed by atoms with Crippen molar-refractivity contribution in [3.05, 3.63) is 131 Å². The number of nitrogens with zero attached hydrogens (tertiary/aromatic N) is 1. The number of carboxylic acids is 1. The Morgan fingerprint density at radius 1 is 0.837 bits per heavy atom. The number of rotatable bonds is 13. The van der Waals surface area contributed by atoms with E-state index in [4.69, 9.17) is 13.9 Å². The van der Waals surface area contributed by atoms with Crippen molar-refractivity contribution in [3.8, 4) is 28.7 Å². The van der Waals surface area contributed by atoms with E-state index in [0.29, 0.717) is 48.2 Å². The monoisotopic (exact) mass is 576 g/mol. The first-order chi connectivity index (χ1) is 21.0. The second-order valence-electron chi connectivity index (χ2n) is 9.90. The number of aromatic nitrogens is 1. The van der Waals surface area contributed by atoms with Gasteiger partial charge in [-0.3, -0.25) is 9.59 Å². The van der Waals surface area contributed by atoms with Crippen LogP contribution < -0.4 is 14.8 Å². The van der Waals surface area contributed by atoms with Gasteiger partial charge in [-0.1, -0.05) is 54.6 Å². The Labute approximate surface area is 249 Å². The quantitative estimate of drug-likeness (QED) is 0.155. The Morgan fingerprint density at radius 2 is 1.56 bits per heavy atom. The molecule has 0 unspecified atom stereocenters. The lowest BCUT2D eigenvalue weighted by Gasteiger charge is -2.15. The van der Waals surface area contributed by atoms with Crippen LogP contribution in [0.4, 0.5) is 0 Å². The highest BCUT2D eigenvalue weighted by Gasteiger charge is 2.15. The van der Waals surface area contributed by atoms with Crippen molar-refractivity contribution in [1.82, 2.24) is 10.3 Å². The number of aryl methyl sites for hydroxylation is 2. The molecule has 0 aliphatic heterocycles. The normalized spacial score (nSPS) is 10.7. The third-order valence-electron chi connectivity index (χ3n) is 6.85. The van der Waals surface area contributed by atoms with Gasteiger partial charge in [-0.15, -0.1) is 0 Å². The van der Waals surface area contributed by atoms with E-state index in [1.807, 2.05) is 91.9 Å². The fourth-order valence-electron chi connectivity index (χ4n) is 4.60. The van der Waals surface area contributed by atoms with Crippen molar-refractivity contribution in [2.24, 2.45) is 0 Å². The molecule has 1 heterocycles. The molecule has 5 rings (SSSR count). The summed E-state index contributed by atoms with van der Waals surface area (Å²) < 4.78 is 17.8. The highest BCUT2D eigenvalue weighted by molar-refractivity contribution is 5.97. The molecule has 0 radical (unpaired) electrons. The number of carboxylic acid groups (broad SMARTS) is 1. The first-order valence-corrected chi connectivity index (χ1v) is 14.0. The number of carbonyl (C=O) groups excluding carboxylic acids is 1. The summed E-state index contributed by atoms with van der Waals surface area (Å²) in [5.74, 6) is 1.79. The second kappa shape index (κ2) is 14.0. The number of hydrogen-bond donors (Lipinski definition) is 2. The molecular formula is C35H32N2O6. The lowest BCUT2D eigenvalue weighted by atomic mass is 10.0. The van der Waals surface area contributed by atoms with Crippen molar-refractivity contribution in [1.29, 1.82) is 0 Å². The van der Waals surface area contributed by atoms with Gasteiger partial charge in [-0.2, -0.15) is 0 Å². The largest absolute Gasteiger partial charge is 0.493 e. The molecule has 0 bridgehead atoms. The van der Waals surface area contributed by atoms with Gasteiger partial charge in [0.05, 0.1) is 17.9 Å². The van der Waals surface area contributed by atoms with Crippen LogP contribution in [0.15, 0.2) is 108 Å². The van der Waals surface area contributed by atoms with Gasteiger partial charge >= 0.3 is 5.97 Å². The standard InChI is InChI=1S/C35H32N2O6/c1-24-31(37-35(42-24)26-10-4-2-5-11-26)20-21-41-29-18-16-25(17-19-33(38)39)27(22-29)23-36-34(40)30-14-8-9-15-32(30)43-28-12-6-3-7-13-28/h2-16,18,22H,17,19-21,23H2,1H3,(H,36,40)(H,38,39). The molecule has 0 saturated heterocycles. The van der Waals surface area contributed by atoms with E-state index in [0.717, 1.165) is 28.1 Å². The van der Waals surface area contributed by atoms with Crippen LogP contribution in [-0.4, -0.2) is 28.6 Å². The number of ether oxygens (including phenoxy) is 2. The van der Waals surface area contributed by atoms with Gasteiger partial charge in [0.25, 0.3) is 5.91 Å². The van der Waals surface area contributed by atoms with E-state index in [2.05, 4.69) is 10.3 Å². The Bertz CT molecular complexity index is 1680. The molecule has 0 spiro atoms. The first-order valence-electron chi connectivity index (χ1n) is 14.0. The molecule has 0 saturated carbocycles. The average Bonchev–Trinajstić information content (AvgIpc) is 3.40. The van der Waals surface area contributed by atoms with Gasteiger partial charge in [0.1, 0.15) is 23.0 Å². The summed E-state index contributed by atoms with van der Waals surface area (Å²) in [6, 6.07) is 31.5. The summed E-state index contributed by atoms with van der Waals surface area (Å²) in [5.41, 5.74) is 3.72. The van der Waals surface area contributed by atoms with Gasteiger partial charge < -0.3 is 24.3 Å². The number of hydrogen-bond acceptors (Lipinski definition) is 6. The van der Waals surface area contributed by atoms with E-state index < -0.39 is 5.97 Å². The Balaban J connectivity index is 1.26. The van der Waals surface area contributed by atoms with Crippen molar-refractivity contribution in [3.63, 3.8) is 0 Å². The number of aliphatic carboxylic acids is 1. The molecule has 4 aromatic carbocycles. The molecule has 5 aromatic rings. The molecule has 0 aliphatic carbocycles. The zero-order valence-electron chi connectivity index (χ0n) is 23.8. The molecule has 218 valence electrons. The molecular weight excluding hydrogens is 544 g/mol. The molecule has 1 amide bonds. The summed E-state index contributed by atoms with van der Waals surface area (Å²) >= 11 is 0. The SMILES string of the molecule is Cc1oc(-c2ccccc2)nc1CCOc1ccc(CCC(=O)O)c(CNC(=O)c2ccccc2Oc2ccccc2)c1. The van der Waals surface area contributed by atoms with Crippen LogP contribution in [0.1, 0.15) is 39.4 Å². The zero-order chi connectivity index (χ0) is 30.0. The smallest absolute Gasteiger partial charge is 0.303 e. The van der Waals surface area contributed by atoms with E-state index in [1.54, 1.807) is 18.2 Å². The molecule has 8 nitrogen and oxygen atoms in total. The molecule has 0 aliphatic rings. The zero-order valence-corrected chi connectivity index (χ0v) is 23.8. The predicted molar refractivity (Wildman–Crippen MR) is 162 cm³/mol. The number of benzene rings is 4. The van der Waals surface area contributed by atoms with Gasteiger partial charge in [-0.05, 0) is 73.0 Å². The van der Waals surface area contributed by atoms with Crippen molar-refractivity contribution >= 4 is 11.9 Å². The molecule has 2 N–H and O–H groups in total. The number of oxazole rings is 1. The molecule has 43 heavy (non-hydrogen) atoms. The Hall–Kier alpha value is -5.37. The van der Waals surface area contributed by atoms with E-state index >= 15 is 0 Å². The lowest BCUT2D eigenvalue weighted by Crippen LogP contribution is -2.24. The van der Waals surface area contributed by atoms with Gasteiger partial charge in [0, 0.05) is 24.9 Å². The minimum absolute atomic E-state index is 0.0237. The Morgan fingerprint density at radius 3 is 2.33 bits per heavy atom. The summed E-state index contributed by atoms with van der Waals surface area (Å²) in [4.78, 5) is 29.1. The van der Waals surface area contributed by atoms with Gasteiger partial charge in [0.2, 0.25) is 5.89 Å². The third kappa shape index (κ3) is 7.89. The third-order valence-corrected chi connectivity index (χ3v) is 6.85. The van der Waals surface area contributed by atoms with Gasteiger partial charge in [0.15, 0.2) is 0 Å². The van der Waals surface area contributed by atoms with Gasteiger partial charge in [-0.25, -0.2) is 4.98 Å². The molecule has 0 atom stereocenters. The van der Waals surface area contributed by atoms with E-state index in [-0.39, 0.29) is 18.9 Å². The van der Waals surface area contributed by atoms with Crippen molar-refractivity contribution < 1.29 is 28.6 Å². The Kier molecular flexibility index (Phi) is 9.49. The average molecular weight is 577 g/mol. The number of nitrogens with one attached hydrogen (secondary N) is 1. The summed E-state index contributed by atoms with van der Waals surface area (Å²) in [6.07, 6.45) is 0.853.